The smallest absolute Gasteiger partial charge is 0.373 e. The van der Waals surface area contributed by atoms with Gasteiger partial charge in [-0.15, -0.1) is 0 Å². The molecule has 1 N–H and O–H groups in total. The van der Waals surface area contributed by atoms with Crippen LogP contribution < -0.4 is 0 Å². The highest BCUT2D eigenvalue weighted by molar-refractivity contribution is 5.85. The van der Waals surface area contributed by atoms with Crippen molar-refractivity contribution >= 4 is 5.97 Å². The topological polar surface area (TPSA) is 63.3 Å². The van der Waals surface area contributed by atoms with Crippen LogP contribution in [-0.4, -0.2) is 16.1 Å². The van der Waals surface area contributed by atoms with Crippen LogP contribution >= 0.6 is 0 Å². The van der Waals surface area contributed by atoms with Crippen molar-refractivity contribution < 1.29 is 14.3 Å². The highest BCUT2D eigenvalue weighted by Gasteiger charge is 2.67. The Morgan fingerprint density at radius 1 is 1.35 bits per heavy atom. The predicted octanol–water partition coefficient (Wildman–Crippen LogP) is 3.08. The number of carboxylic acids is 1. The van der Waals surface area contributed by atoms with Crippen molar-refractivity contribution in [2.24, 2.45) is 10.8 Å². The highest BCUT2D eigenvalue weighted by atomic mass is 16.4. The molecule has 0 radical (unpaired) electrons. The van der Waals surface area contributed by atoms with Gasteiger partial charge in [0, 0.05) is 5.92 Å². The lowest BCUT2D eigenvalue weighted by atomic mass is 10.0. The molecule has 1 aliphatic rings. The van der Waals surface area contributed by atoms with Gasteiger partial charge in [-0.1, -0.05) is 34.6 Å². The molecular formula is C13H19NO3. The van der Waals surface area contributed by atoms with E-state index in [-0.39, 0.29) is 22.5 Å². The van der Waals surface area contributed by atoms with Gasteiger partial charge in [0.15, 0.2) is 5.89 Å². The number of nitrogens with zero attached hydrogens (tertiary/aromatic N) is 1. The lowest BCUT2D eigenvalue weighted by Gasteiger charge is -2.03. The molecule has 0 aromatic carbocycles. The first-order chi connectivity index (χ1) is 7.73. The zero-order valence-corrected chi connectivity index (χ0v) is 11.0. The molecule has 1 saturated carbocycles. The standard InChI is InChI=1S/C13H19NO3/c1-6-7-8(11(15)16)17-10(14-7)9-12(2,3)13(9,4)5/h9H,6H2,1-5H3,(H,15,16). The summed E-state index contributed by atoms with van der Waals surface area (Å²) in [5.41, 5.74) is 0.767. The molecule has 0 saturated heterocycles. The van der Waals surface area contributed by atoms with E-state index < -0.39 is 5.97 Å². The second kappa shape index (κ2) is 3.34. The number of aryl methyl sites for hydroxylation is 1. The quantitative estimate of drug-likeness (QED) is 0.877. The summed E-state index contributed by atoms with van der Waals surface area (Å²) in [6.07, 6.45) is 0.582. The summed E-state index contributed by atoms with van der Waals surface area (Å²) in [6.45, 7) is 10.5. The van der Waals surface area contributed by atoms with Gasteiger partial charge in [0.1, 0.15) is 0 Å². The van der Waals surface area contributed by atoms with Gasteiger partial charge in [-0.25, -0.2) is 9.78 Å². The van der Waals surface area contributed by atoms with Gasteiger partial charge in [0.25, 0.3) is 0 Å². The zero-order chi connectivity index (χ0) is 13.0. The van der Waals surface area contributed by atoms with E-state index in [1.807, 2.05) is 6.92 Å². The van der Waals surface area contributed by atoms with Crippen molar-refractivity contribution in [3.8, 4) is 0 Å². The Morgan fingerprint density at radius 2 is 1.88 bits per heavy atom. The summed E-state index contributed by atoms with van der Waals surface area (Å²) < 4.78 is 5.45. The van der Waals surface area contributed by atoms with Crippen LogP contribution in [0.15, 0.2) is 4.42 Å². The highest BCUT2D eigenvalue weighted by Crippen LogP contribution is 2.73. The van der Waals surface area contributed by atoms with Crippen molar-refractivity contribution in [3.05, 3.63) is 17.3 Å². The van der Waals surface area contributed by atoms with E-state index in [1.165, 1.54) is 0 Å². The summed E-state index contributed by atoms with van der Waals surface area (Å²) >= 11 is 0. The maximum atomic E-state index is 11.0. The normalized spacial score (nSPS) is 21.5. The van der Waals surface area contributed by atoms with E-state index in [4.69, 9.17) is 9.52 Å². The summed E-state index contributed by atoms with van der Waals surface area (Å²) in [7, 11) is 0. The van der Waals surface area contributed by atoms with Gasteiger partial charge in [-0.05, 0) is 17.3 Å². The molecule has 0 unspecified atom stereocenters. The largest absolute Gasteiger partial charge is 0.475 e. The van der Waals surface area contributed by atoms with Crippen molar-refractivity contribution in [1.82, 2.24) is 4.98 Å². The minimum atomic E-state index is -1.03. The molecule has 94 valence electrons. The number of hydrogen-bond acceptors (Lipinski definition) is 3. The van der Waals surface area contributed by atoms with Crippen LogP contribution in [-0.2, 0) is 6.42 Å². The van der Waals surface area contributed by atoms with Gasteiger partial charge in [0.2, 0.25) is 5.76 Å². The summed E-state index contributed by atoms with van der Waals surface area (Å²) in [5, 5.41) is 9.04. The summed E-state index contributed by atoms with van der Waals surface area (Å²) in [4.78, 5) is 15.4. The minimum absolute atomic E-state index is 0.000926. The Hall–Kier alpha value is -1.32. The maximum absolute atomic E-state index is 11.0. The zero-order valence-electron chi connectivity index (χ0n) is 11.0. The van der Waals surface area contributed by atoms with E-state index in [1.54, 1.807) is 0 Å². The molecule has 1 heterocycles. The minimum Gasteiger partial charge on any atom is -0.475 e. The molecule has 1 aromatic heterocycles. The van der Waals surface area contributed by atoms with Crippen LogP contribution in [0.4, 0.5) is 0 Å². The van der Waals surface area contributed by atoms with E-state index in [0.29, 0.717) is 18.0 Å². The lowest BCUT2D eigenvalue weighted by Crippen LogP contribution is -1.98. The van der Waals surface area contributed by atoms with Crippen LogP contribution in [0.1, 0.15) is 62.7 Å². The third-order valence-corrected chi connectivity index (χ3v) is 4.51. The molecule has 1 aliphatic carbocycles. The number of oxazole rings is 1. The molecule has 4 nitrogen and oxygen atoms in total. The van der Waals surface area contributed by atoms with Crippen molar-refractivity contribution in [1.29, 1.82) is 0 Å². The molecule has 2 rings (SSSR count). The Balaban J connectivity index is 2.40. The maximum Gasteiger partial charge on any atom is 0.373 e. The lowest BCUT2D eigenvalue weighted by molar-refractivity contribution is 0.0658. The number of aromatic carboxylic acids is 1. The van der Waals surface area contributed by atoms with Crippen LogP contribution in [0.3, 0.4) is 0 Å². The van der Waals surface area contributed by atoms with Gasteiger partial charge in [-0.2, -0.15) is 0 Å². The van der Waals surface area contributed by atoms with Crippen LogP contribution in [0.5, 0.6) is 0 Å². The fourth-order valence-corrected chi connectivity index (χ4v) is 2.71. The van der Waals surface area contributed by atoms with Crippen LogP contribution in [0, 0.1) is 10.8 Å². The Kier molecular flexibility index (Phi) is 2.39. The van der Waals surface area contributed by atoms with Gasteiger partial charge in [0.05, 0.1) is 5.69 Å². The average molecular weight is 237 g/mol. The molecule has 0 atom stereocenters. The molecule has 1 aromatic rings. The second-order valence-corrected chi connectivity index (χ2v) is 5.86. The monoisotopic (exact) mass is 237 g/mol. The van der Waals surface area contributed by atoms with Gasteiger partial charge >= 0.3 is 5.97 Å². The van der Waals surface area contributed by atoms with Crippen molar-refractivity contribution in [2.45, 2.75) is 47.0 Å². The fourth-order valence-electron chi connectivity index (χ4n) is 2.71. The van der Waals surface area contributed by atoms with E-state index in [9.17, 15) is 4.79 Å². The molecule has 0 bridgehead atoms. The number of carbonyl (C=O) groups is 1. The predicted molar refractivity (Wildman–Crippen MR) is 63.1 cm³/mol. The average Bonchev–Trinajstić information content (AvgIpc) is 2.57. The van der Waals surface area contributed by atoms with E-state index in [2.05, 4.69) is 32.7 Å². The number of carboxylic acid groups (broad SMARTS) is 1. The molecule has 4 heteroatoms. The number of rotatable bonds is 3. The SMILES string of the molecule is CCc1nc(C2C(C)(C)C2(C)C)oc1C(=O)O. The Labute approximate surface area is 101 Å². The van der Waals surface area contributed by atoms with E-state index in [0.717, 1.165) is 0 Å². The first-order valence-electron chi connectivity index (χ1n) is 5.96. The third kappa shape index (κ3) is 1.50. The Morgan fingerprint density at radius 3 is 2.18 bits per heavy atom. The third-order valence-electron chi connectivity index (χ3n) is 4.51. The molecule has 17 heavy (non-hydrogen) atoms. The number of hydrogen-bond donors (Lipinski definition) is 1. The molecule has 0 amide bonds. The Bertz CT molecular complexity index is 457. The van der Waals surface area contributed by atoms with Crippen molar-refractivity contribution in [2.75, 3.05) is 0 Å². The van der Waals surface area contributed by atoms with E-state index >= 15 is 0 Å². The molecule has 1 fully saturated rings. The van der Waals surface area contributed by atoms with Gasteiger partial charge in [-0.3, -0.25) is 0 Å². The van der Waals surface area contributed by atoms with Gasteiger partial charge < -0.3 is 9.52 Å². The molecular weight excluding hydrogens is 218 g/mol. The molecule has 0 spiro atoms. The fraction of sp³-hybridized carbons (Fsp3) is 0.692. The van der Waals surface area contributed by atoms with Crippen molar-refractivity contribution in [3.63, 3.8) is 0 Å². The first-order valence-corrected chi connectivity index (χ1v) is 5.96. The van der Waals surface area contributed by atoms with Crippen LogP contribution in [0.2, 0.25) is 0 Å². The number of aromatic nitrogens is 1. The first kappa shape index (κ1) is 12.1. The summed E-state index contributed by atoms with van der Waals surface area (Å²) in [5.74, 6) is -0.250. The summed E-state index contributed by atoms with van der Waals surface area (Å²) in [6, 6.07) is 0. The van der Waals surface area contributed by atoms with Crippen LogP contribution in [0.25, 0.3) is 0 Å². The molecule has 0 aliphatic heterocycles. The second-order valence-electron chi connectivity index (χ2n) is 5.86.